The van der Waals surface area contributed by atoms with Gasteiger partial charge in [0.15, 0.2) is 0 Å². The second kappa shape index (κ2) is 9.42. The van der Waals surface area contributed by atoms with E-state index in [1.165, 1.54) is 0 Å². The number of carbonyl (C=O) groups is 2. The van der Waals surface area contributed by atoms with E-state index in [9.17, 15) is 9.59 Å². The lowest BCUT2D eigenvalue weighted by atomic mass is 10.2. The lowest BCUT2D eigenvalue weighted by Crippen LogP contribution is -2.50. The van der Waals surface area contributed by atoms with Gasteiger partial charge in [-0.05, 0) is 51.4 Å². The lowest BCUT2D eigenvalue weighted by molar-refractivity contribution is -0.124. The molecule has 25 heavy (non-hydrogen) atoms. The molecule has 6 heteroatoms. The molecule has 0 aromatic heterocycles. The quantitative estimate of drug-likeness (QED) is 0.795. The fourth-order valence-electron chi connectivity index (χ4n) is 2.99. The Balaban J connectivity index is 1.80. The standard InChI is InChI=1S/C19H29N3O3/c1-4-25-17-11-9-15(10-12-17)13-22(3)14(2)18(23)21-19(24)20-16-7-5-6-8-16/h9-12,14,16H,4-8,13H2,1-3H3,(H2,20,21,23,24). The second-order valence-electron chi connectivity index (χ2n) is 6.61. The lowest BCUT2D eigenvalue weighted by Gasteiger charge is -2.24. The van der Waals surface area contributed by atoms with Crippen LogP contribution in [0.25, 0.3) is 0 Å². The maximum Gasteiger partial charge on any atom is 0.321 e. The van der Waals surface area contributed by atoms with Gasteiger partial charge in [0.1, 0.15) is 5.75 Å². The molecular formula is C19H29N3O3. The second-order valence-corrected chi connectivity index (χ2v) is 6.61. The van der Waals surface area contributed by atoms with Crippen molar-refractivity contribution >= 4 is 11.9 Å². The van der Waals surface area contributed by atoms with E-state index in [0.29, 0.717) is 13.2 Å². The average Bonchev–Trinajstić information content (AvgIpc) is 3.08. The first-order valence-corrected chi connectivity index (χ1v) is 9.03. The van der Waals surface area contributed by atoms with Crippen LogP contribution in [0.5, 0.6) is 5.75 Å². The van der Waals surface area contributed by atoms with E-state index >= 15 is 0 Å². The first-order valence-electron chi connectivity index (χ1n) is 9.03. The third kappa shape index (κ3) is 6.05. The number of rotatable bonds is 7. The Morgan fingerprint density at radius 1 is 1.24 bits per heavy atom. The van der Waals surface area contributed by atoms with Crippen molar-refractivity contribution < 1.29 is 14.3 Å². The van der Waals surface area contributed by atoms with Gasteiger partial charge in [-0.2, -0.15) is 0 Å². The van der Waals surface area contributed by atoms with Gasteiger partial charge in [-0.1, -0.05) is 25.0 Å². The molecule has 1 aromatic carbocycles. The third-order valence-electron chi connectivity index (χ3n) is 4.63. The number of likely N-dealkylation sites (N-methyl/N-ethyl adjacent to an activating group) is 1. The van der Waals surface area contributed by atoms with Crippen LogP contribution in [0.3, 0.4) is 0 Å². The zero-order valence-corrected chi connectivity index (χ0v) is 15.4. The Bertz CT molecular complexity index is 568. The van der Waals surface area contributed by atoms with Crippen molar-refractivity contribution in [3.8, 4) is 5.75 Å². The van der Waals surface area contributed by atoms with Gasteiger partial charge in [-0.3, -0.25) is 15.0 Å². The fraction of sp³-hybridized carbons (Fsp3) is 0.579. The highest BCUT2D eigenvalue weighted by atomic mass is 16.5. The number of hydrogen-bond donors (Lipinski definition) is 2. The van der Waals surface area contributed by atoms with Crippen LogP contribution in [-0.4, -0.2) is 42.6 Å². The maximum atomic E-state index is 12.3. The molecule has 138 valence electrons. The number of nitrogens with zero attached hydrogens (tertiary/aromatic N) is 1. The van der Waals surface area contributed by atoms with Gasteiger partial charge in [-0.25, -0.2) is 4.79 Å². The number of carbonyl (C=O) groups excluding carboxylic acids is 2. The molecule has 1 fully saturated rings. The zero-order valence-electron chi connectivity index (χ0n) is 15.4. The SMILES string of the molecule is CCOc1ccc(CN(C)C(C)C(=O)NC(=O)NC2CCCC2)cc1. The topological polar surface area (TPSA) is 70.7 Å². The molecule has 0 heterocycles. The summed E-state index contributed by atoms with van der Waals surface area (Å²) in [6.45, 7) is 5.00. The summed E-state index contributed by atoms with van der Waals surface area (Å²) >= 11 is 0. The number of hydrogen-bond acceptors (Lipinski definition) is 4. The van der Waals surface area contributed by atoms with Crippen LogP contribution in [0.4, 0.5) is 4.79 Å². The van der Waals surface area contributed by atoms with Crippen molar-refractivity contribution in [2.75, 3.05) is 13.7 Å². The van der Waals surface area contributed by atoms with Crippen LogP contribution in [-0.2, 0) is 11.3 Å². The van der Waals surface area contributed by atoms with E-state index in [2.05, 4.69) is 10.6 Å². The Kier molecular flexibility index (Phi) is 7.25. The molecule has 2 N–H and O–H groups in total. The van der Waals surface area contributed by atoms with Crippen LogP contribution in [0, 0.1) is 0 Å². The van der Waals surface area contributed by atoms with E-state index < -0.39 is 12.1 Å². The van der Waals surface area contributed by atoms with Crippen molar-refractivity contribution in [3.63, 3.8) is 0 Å². The summed E-state index contributed by atoms with van der Waals surface area (Å²) in [6.07, 6.45) is 4.27. The molecule has 0 radical (unpaired) electrons. The number of amides is 3. The Morgan fingerprint density at radius 2 is 1.88 bits per heavy atom. The van der Waals surface area contributed by atoms with Gasteiger partial charge in [0, 0.05) is 12.6 Å². The summed E-state index contributed by atoms with van der Waals surface area (Å²) in [5.74, 6) is 0.548. The van der Waals surface area contributed by atoms with E-state index in [-0.39, 0.29) is 11.9 Å². The van der Waals surface area contributed by atoms with Crippen molar-refractivity contribution in [1.82, 2.24) is 15.5 Å². The fourth-order valence-corrected chi connectivity index (χ4v) is 2.99. The number of benzene rings is 1. The predicted molar refractivity (Wildman–Crippen MR) is 97.5 cm³/mol. The van der Waals surface area contributed by atoms with Crippen molar-refractivity contribution in [3.05, 3.63) is 29.8 Å². The van der Waals surface area contributed by atoms with Gasteiger partial charge in [0.05, 0.1) is 12.6 Å². The number of ether oxygens (including phenoxy) is 1. The van der Waals surface area contributed by atoms with E-state index in [1.54, 1.807) is 6.92 Å². The largest absolute Gasteiger partial charge is 0.494 e. The molecule has 0 bridgehead atoms. The molecule has 2 rings (SSSR count). The molecule has 1 aliphatic rings. The smallest absolute Gasteiger partial charge is 0.321 e. The summed E-state index contributed by atoms with van der Waals surface area (Å²) in [5, 5.41) is 5.32. The van der Waals surface area contributed by atoms with Crippen LogP contribution in [0.15, 0.2) is 24.3 Å². The molecule has 6 nitrogen and oxygen atoms in total. The highest BCUT2D eigenvalue weighted by Crippen LogP contribution is 2.17. The zero-order chi connectivity index (χ0) is 18.2. The molecule has 1 aromatic rings. The van der Waals surface area contributed by atoms with Gasteiger partial charge in [-0.15, -0.1) is 0 Å². The highest BCUT2D eigenvalue weighted by Gasteiger charge is 2.22. The third-order valence-corrected chi connectivity index (χ3v) is 4.63. The van der Waals surface area contributed by atoms with E-state index in [0.717, 1.165) is 37.0 Å². The Morgan fingerprint density at radius 3 is 2.48 bits per heavy atom. The summed E-state index contributed by atoms with van der Waals surface area (Å²) in [7, 11) is 1.87. The van der Waals surface area contributed by atoms with Gasteiger partial charge < -0.3 is 10.1 Å². The van der Waals surface area contributed by atoms with Crippen LogP contribution < -0.4 is 15.4 Å². The van der Waals surface area contributed by atoms with Gasteiger partial charge >= 0.3 is 6.03 Å². The van der Waals surface area contributed by atoms with E-state index in [1.807, 2.05) is 43.1 Å². The maximum absolute atomic E-state index is 12.3. The average molecular weight is 347 g/mol. The molecule has 1 aliphatic carbocycles. The molecule has 3 amide bonds. The minimum atomic E-state index is -0.402. The molecule has 0 saturated heterocycles. The molecular weight excluding hydrogens is 318 g/mol. The molecule has 1 unspecified atom stereocenters. The summed E-state index contributed by atoms with van der Waals surface area (Å²) in [4.78, 5) is 26.1. The molecule has 1 atom stereocenters. The minimum absolute atomic E-state index is 0.199. The van der Waals surface area contributed by atoms with Crippen molar-refractivity contribution in [2.24, 2.45) is 0 Å². The first-order chi connectivity index (χ1) is 12.0. The minimum Gasteiger partial charge on any atom is -0.494 e. The number of urea groups is 1. The summed E-state index contributed by atoms with van der Waals surface area (Å²) in [6, 6.07) is 7.22. The van der Waals surface area contributed by atoms with Gasteiger partial charge in [0.2, 0.25) is 5.91 Å². The molecule has 0 aliphatic heterocycles. The molecule has 0 spiro atoms. The number of nitrogens with one attached hydrogen (secondary N) is 2. The van der Waals surface area contributed by atoms with Gasteiger partial charge in [0.25, 0.3) is 0 Å². The van der Waals surface area contributed by atoms with Crippen LogP contribution in [0.1, 0.15) is 45.1 Å². The predicted octanol–water partition coefficient (Wildman–Crippen LogP) is 2.67. The van der Waals surface area contributed by atoms with Crippen molar-refractivity contribution in [2.45, 2.75) is 58.2 Å². The van der Waals surface area contributed by atoms with Crippen LogP contribution in [0.2, 0.25) is 0 Å². The monoisotopic (exact) mass is 347 g/mol. The molecule has 1 saturated carbocycles. The first kappa shape index (κ1) is 19.2. The van der Waals surface area contributed by atoms with Crippen molar-refractivity contribution in [1.29, 1.82) is 0 Å². The summed E-state index contributed by atoms with van der Waals surface area (Å²) < 4.78 is 5.43. The van der Waals surface area contributed by atoms with Crippen LogP contribution >= 0.6 is 0 Å². The highest BCUT2D eigenvalue weighted by molar-refractivity contribution is 5.96. The summed E-state index contributed by atoms with van der Waals surface area (Å²) in [5.41, 5.74) is 1.08. The van der Waals surface area contributed by atoms with E-state index in [4.69, 9.17) is 4.74 Å². The Labute approximate surface area is 149 Å². The number of imide groups is 1. The Hall–Kier alpha value is -2.08. The normalized spacial score (nSPS) is 15.8.